The fourth-order valence-corrected chi connectivity index (χ4v) is 2.80. The van der Waals surface area contributed by atoms with Crippen LogP contribution in [0.5, 0.6) is 11.6 Å². The summed E-state index contributed by atoms with van der Waals surface area (Å²) >= 11 is 0. The number of benzene rings is 2. The average Bonchev–Trinajstić information content (AvgIpc) is 2.74. The number of aromatic nitrogens is 2. The van der Waals surface area contributed by atoms with Crippen LogP contribution in [0.2, 0.25) is 0 Å². The lowest BCUT2D eigenvalue weighted by molar-refractivity contribution is -0.138. The number of aliphatic hydroxyl groups is 1. The van der Waals surface area contributed by atoms with Crippen LogP contribution in [0.1, 0.15) is 11.1 Å². The van der Waals surface area contributed by atoms with E-state index in [9.17, 15) is 18.3 Å². The van der Waals surface area contributed by atoms with Gasteiger partial charge in [0.1, 0.15) is 17.9 Å². The number of hydrogen-bond donors (Lipinski definition) is 5. The number of aliphatic hydroxyl groups excluding tert-OH is 1. The average molecular weight is 448 g/mol. The van der Waals surface area contributed by atoms with Gasteiger partial charge in [-0.3, -0.25) is 0 Å². The number of anilines is 3. The van der Waals surface area contributed by atoms with Gasteiger partial charge in [0.15, 0.2) is 0 Å². The Balaban J connectivity index is 1.59. The van der Waals surface area contributed by atoms with E-state index in [4.69, 9.17) is 10.5 Å². The number of ether oxygens (including phenoxy) is 1. The van der Waals surface area contributed by atoms with Crippen molar-refractivity contribution in [2.24, 2.45) is 5.73 Å². The van der Waals surface area contributed by atoms with Crippen LogP contribution >= 0.6 is 0 Å². The third-order valence-electron chi connectivity index (χ3n) is 4.32. The quantitative estimate of drug-likeness (QED) is 0.314. The molecule has 1 unspecified atom stereocenters. The number of nitrogens with one attached hydrogen (secondary N) is 3. The van der Waals surface area contributed by atoms with E-state index in [1.807, 2.05) is 0 Å². The van der Waals surface area contributed by atoms with Crippen molar-refractivity contribution >= 4 is 17.2 Å². The molecule has 6 N–H and O–H groups in total. The Hall–Kier alpha value is -3.57. The Labute approximate surface area is 182 Å². The Morgan fingerprint density at radius 1 is 1.03 bits per heavy atom. The van der Waals surface area contributed by atoms with E-state index in [0.717, 1.165) is 6.07 Å². The molecule has 0 saturated heterocycles. The monoisotopic (exact) mass is 448 g/mol. The van der Waals surface area contributed by atoms with Crippen molar-refractivity contribution in [1.82, 2.24) is 9.97 Å². The van der Waals surface area contributed by atoms with E-state index in [1.54, 1.807) is 30.3 Å². The second-order valence-corrected chi connectivity index (χ2v) is 6.80. The number of aryl methyl sites for hydroxylation is 1. The van der Waals surface area contributed by atoms with Gasteiger partial charge in [0.05, 0.1) is 5.56 Å². The van der Waals surface area contributed by atoms with Crippen molar-refractivity contribution in [1.29, 1.82) is 0 Å². The molecule has 170 valence electrons. The molecule has 0 aliphatic carbocycles. The molecular weight excluding hydrogens is 425 g/mol. The van der Waals surface area contributed by atoms with E-state index in [1.165, 1.54) is 25.4 Å². The molecule has 0 aliphatic rings. The second kappa shape index (κ2) is 10.2. The third-order valence-corrected chi connectivity index (χ3v) is 4.32. The predicted octanol–water partition coefficient (Wildman–Crippen LogP) is 3.77. The molecule has 0 fully saturated rings. The van der Waals surface area contributed by atoms with Crippen molar-refractivity contribution < 1.29 is 23.0 Å². The molecular formula is C21H23F3N6O2. The molecule has 1 atom stereocenters. The molecule has 3 rings (SSSR count). The van der Waals surface area contributed by atoms with Gasteiger partial charge >= 0.3 is 6.18 Å². The van der Waals surface area contributed by atoms with E-state index >= 15 is 0 Å². The zero-order valence-corrected chi connectivity index (χ0v) is 17.1. The summed E-state index contributed by atoms with van der Waals surface area (Å²) in [7, 11) is 0. The summed E-state index contributed by atoms with van der Waals surface area (Å²) in [4.78, 5) is 8.10. The van der Waals surface area contributed by atoms with Crippen molar-refractivity contribution in [3.8, 4) is 11.6 Å². The highest BCUT2D eigenvalue weighted by atomic mass is 19.4. The number of hydrogen-bond acceptors (Lipinski definition) is 8. The van der Waals surface area contributed by atoms with Crippen molar-refractivity contribution in [3.05, 3.63) is 66.0 Å². The van der Waals surface area contributed by atoms with Crippen molar-refractivity contribution in [2.45, 2.75) is 19.5 Å². The first-order chi connectivity index (χ1) is 15.2. The van der Waals surface area contributed by atoms with Gasteiger partial charge in [-0.1, -0.05) is 6.07 Å². The Morgan fingerprint density at radius 2 is 1.72 bits per heavy atom. The van der Waals surface area contributed by atoms with E-state index in [2.05, 4.69) is 25.9 Å². The van der Waals surface area contributed by atoms with Gasteiger partial charge in [0, 0.05) is 30.5 Å². The fraction of sp³-hybridized carbons (Fsp3) is 0.238. The normalized spacial score (nSPS) is 12.2. The Bertz CT molecular complexity index is 1030. The molecule has 0 saturated carbocycles. The number of nitrogens with zero attached hydrogens (tertiary/aromatic N) is 2. The standard InChI is InChI=1S/C21H23F3N6O2/c1-13-2-3-15(10-17(13)21(22,23)24)30-20(31)29-14-4-6-16(7-5-14)32-19-11-18(26-9-8-25)27-12-28-19/h2-7,10-12,20,29-31H,8-9,25H2,1H3,(H,26,27,28). The molecule has 0 bridgehead atoms. The lowest BCUT2D eigenvalue weighted by atomic mass is 10.1. The molecule has 2 aromatic carbocycles. The molecule has 0 amide bonds. The molecule has 8 nitrogen and oxygen atoms in total. The van der Waals surface area contributed by atoms with Crippen LogP contribution in [0, 0.1) is 6.92 Å². The number of nitrogens with two attached hydrogens (primary N) is 1. The number of alkyl halides is 3. The highest BCUT2D eigenvalue weighted by Crippen LogP contribution is 2.33. The third kappa shape index (κ3) is 6.46. The highest BCUT2D eigenvalue weighted by molar-refractivity contribution is 5.53. The summed E-state index contributed by atoms with van der Waals surface area (Å²) < 4.78 is 44.8. The lowest BCUT2D eigenvalue weighted by Gasteiger charge is -2.19. The van der Waals surface area contributed by atoms with Crippen LogP contribution in [-0.4, -0.2) is 34.5 Å². The molecule has 0 radical (unpaired) electrons. The van der Waals surface area contributed by atoms with E-state index in [0.29, 0.717) is 36.2 Å². The van der Waals surface area contributed by atoms with Crippen LogP contribution in [0.3, 0.4) is 0 Å². The topological polar surface area (TPSA) is 117 Å². The lowest BCUT2D eigenvalue weighted by Crippen LogP contribution is -2.28. The largest absolute Gasteiger partial charge is 0.439 e. The Morgan fingerprint density at radius 3 is 2.41 bits per heavy atom. The Kier molecular flexibility index (Phi) is 7.33. The van der Waals surface area contributed by atoms with Gasteiger partial charge < -0.3 is 31.5 Å². The first-order valence-corrected chi connectivity index (χ1v) is 9.67. The van der Waals surface area contributed by atoms with Gasteiger partial charge in [-0.15, -0.1) is 0 Å². The smallest absolute Gasteiger partial charge is 0.416 e. The predicted molar refractivity (Wildman–Crippen MR) is 116 cm³/mol. The summed E-state index contributed by atoms with van der Waals surface area (Å²) in [6.45, 7) is 2.40. The van der Waals surface area contributed by atoms with E-state index in [-0.39, 0.29) is 11.3 Å². The molecule has 11 heteroatoms. The summed E-state index contributed by atoms with van der Waals surface area (Å²) in [5.74, 6) is 1.41. The van der Waals surface area contributed by atoms with Crippen LogP contribution < -0.4 is 26.4 Å². The SMILES string of the molecule is Cc1ccc(NC(O)Nc2ccc(Oc3cc(NCCN)ncn3)cc2)cc1C(F)(F)F. The first-order valence-electron chi connectivity index (χ1n) is 9.67. The van der Waals surface area contributed by atoms with Crippen molar-refractivity contribution in [3.63, 3.8) is 0 Å². The second-order valence-electron chi connectivity index (χ2n) is 6.80. The summed E-state index contributed by atoms with van der Waals surface area (Å²) in [5, 5.41) is 18.5. The molecule has 1 aromatic heterocycles. The van der Waals surface area contributed by atoms with Crippen LogP contribution in [0.4, 0.5) is 30.4 Å². The molecule has 0 spiro atoms. The maximum absolute atomic E-state index is 13.0. The number of rotatable bonds is 9. The minimum absolute atomic E-state index is 0.104. The number of halogens is 3. The minimum atomic E-state index is -4.47. The highest BCUT2D eigenvalue weighted by Gasteiger charge is 2.32. The van der Waals surface area contributed by atoms with Gasteiger partial charge in [0.25, 0.3) is 0 Å². The summed E-state index contributed by atoms with van der Waals surface area (Å²) in [6, 6.07) is 12.0. The first kappa shape index (κ1) is 23.1. The van der Waals surface area contributed by atoms with Gasteiger partial charge in [-0.05, 0) is 48.9 Å². The zero-order valence-electron chi connectivity index (χ0n) is 17.1. The van der Waals surface area contributed by atoms with Crippen LogP contribution in [0.15, 0.2) is 54.9 Å². The zero-order chi connectivity index (χ0) is 23.1. The van der Waals surface area contributed by atoms with Crippen molar-refractivity contribution in [2.75, 3.05) is 29.0 Å². The molecule has 32 heavy (non-hydrogen) atoms. The van der Waals surface area contributed by atoms with Crippen LogP contribution in [-0.2, 0) is 6.18 Å². The fourth-order valence-electron chi connectivity index (χ4n) is 2.80. The van der Waals surface area contributed by atoms with Gasteiger partial charge in [-0.25, -0.2) is 9.97 Å². The van der Waals surface area contributed by atoms with Gasteiger partial charge in [0.2, 0.25) is 12.2 Å². The summed E-state index contributed by atoms with van der Waals surface area (Å²) in [6.07, 6.45) is -4.42. The maximum Gasteiger partial charge on any atom is 0.416 e. The maximum atomic E-state index is 13.0. The molecule has 3 aromatic rings. The van der Waals surface area contributed by atoms with E-state index < -0.39 is 18.1 Å². The minimum Gasteiger partial charge on any atom is -0.439 e. The summed E-state index contributed by atoms with van der Waals surface area (Å²) in [5.41, 5.74) is 5.44. The molecule has 1 heterocycles. The van der Waals surface area contributed by atoms with Gasteiger partial charge in [-0.2, -0.15) is 13.2 Å². The van der Waals surface area contributed by atoms with Crippen LogP contribution in [0.25, 0.3) is 0 Å². The molecule has 0 aliphatic heterocycles.